The monoisotopic (exact) mass is 734 g/mol. The number of carbonyl (C=O) groups is 1. The summed E-state index contributed by atoms with van der Waals surface area (Å²) in [7, 11) is 0.313. The van der Waals surface area contributed by atoms with Crippen LogP contribution in [-0.4, -0.2) is 89.7 Å². The molecule has 0 spiro atoms. The van der Waals surface area contributed by atoms with Crippen molar-refractivity contribution in [1.82, 2.24) is 14.9 Å². The molecule has 0 aliphatic carbocycles. The van der Waals surface area contributed by atoms with Gasteiger partial charge in [0.15, 0.2) is 0 Å². The molecule has 246 valence electrons. The number of hydrogen-bond donors (Lipinski definition) is 3. The summed E-state index contributed by atoms with van der Waals surface area (Å²) in [6.45, 7) is 7.17. The number of rotatable bonds is 27. The van der Waals surface area contributed by atoms with Gasteiger partial charge in [-0.25, -0.2) is 13.1 Å². The maximum Gasteiger partial charge on any atom is 0.279 e. The number of ether oxygens (including phenoxy) is 1. The van der Waals surface area contributed by atoms with E-state index in [9.17, 15) is 13.2 Å². The van der Waals surface area contributed by atoms with Crippen molar-refractivity contribution in [3.05, 3.63) is 0 Å². The van der Waals surface area contributed by atoms with E-state index >= 15 is 0 Å². The second-order valence-electron chi connectivity index (χ2n) is 11.7. The zero-order valence-corrected chi connectivity index (χ0v) is 30.3. The van der Waals surface area contributed by atoms with Crippen LogP contribution in [0.1, 0.15) is 116 Å². The van der Waals surface area contributed by atoms with Gasteiger partial charge in [0.25, 0.3) is 5.24 Å². The van der Waals surface area contributed by atoms with E-state index in [0.717, 1.165) is 39.1 Å². The molecule has 0 saturated carbocycles. The van der Waals surface area contributed by atoms with Gasteiger partial charge in [0.1, 0.15) is 6.67 Å². The van der Waals surface area contributed by atoms with Crippen LogP contribution in [0.25, 0.3) is 0 Å². The van der Waals surface area contributed by atoms with E-state index in [1.165, 1.54) is 107 Å². The lowest BCUT2D eigenvalue weighted by molar-refractivity contribution is -0.891. The van der Waals surface area contributed by atoms with Gasteiger partial charge in [0, 0.05) is 32.4 Å². The number of quaternary nitrogens is 1. The first-order chi connectivity index (χ1) is 19.4. The normalized spacial score (nSPS) is 16.5. The third-order valence-electron chi connectivity index (χ3n) is 7.85. The van der Waals surface area contributed by atoms with Gasteiger partial charge >= 0.3 is 0 Å². The van der Waals surface area contributed by atoms with Gasteiger partial charge in [-0.15, -0.1) is 0 Å². The van der Waals surface area contributed by atoms with Gasteiger partial charge in [-0.1, -0.05) is 115 Å². The molecule has 0 aromatic heterocycles. The van der Waals surface area contributed by atoms with Gasteiger partial charge in [-0.3, -0.25) is 9.69 Å². The number of amides is 1. The quantitative estimate of drug-likeness (QED) is 0.0882. The van der Waals surface area contributed by atoms with Crippen molar-refractivity contribution < 1.29 is 46.8 Å². The molecule has 0 aromatic carbocycles. The molecular weight excluding hydrogens is 671 g/mol. The molecule has 0 aromatic rings. The summed E-state index contributed by atoms with van der Waals surface area (Å²) in [5.41, 5.74) is 0. The fraction of sp³-hybridized carbons (Fsp3) is 0.967. The Morgan fingerprint density at radius 2 is 1.44 bits per heavy atom. The zero-order valence-electron chi connectivity index (χ0n) is 26.5. The Hall–Kier alpha value is 0.340. The van der Waals surface area contributed by atoms with E-state index in [4.69, 9.17) is 4.74 Å². The van der Waals surface area contributed by atoms with Crippen LogP contribution in [0, 0.1) is 0 Å². The molecule has 1 aliphatic heterocycles. The second kappa shape index (κ2) is 27.9. The Labute approximate surface area is 274 Å². The average Bonchev–Trinajstić information content (AvgIpc) is 3.35. The number of methoxy groups -OCH3 is 1. The highest BCUT2D eigenvalue weighted by Crippen LogP contribution is 2.14. The van der Waals surface area contributed by atoms with Crippen molar-refractivity contribution in [2.45, 2.75) is 122 Å². The largest absolute Gasteiger partial charge is 1.00 e. The minimum Gasteiger partial charge on any atom is -1.00 e. The summed E-state index contributed by atoms with van der Waals surface area (Å²) in [5, 5.41) is 2.90. The van der Waals surface area contributed by atoms with Gasteiger partial charge in [-0.2, -0.15) is 0 Å². The fourth-order valence-corrected chi connectivity index (χ4v) is 7.09. The zero-order chi connectivity index (χ0) is 29.3. The molecule has 1 heterocycles. The van der Waals surface area contributed by atoms with Crippen LogP contribution in [0.2, 0.25) is 0 Å². The fourth-order valence-electron chi connectivity index (χ4n) is 5.19. The third-order valence-corrected chi connectivity index (χ3v) is 10.2. The molecule has 1 saturated heterocycles. The van der Waals surface area contributed by atoms with E-state index in [1.54, 1.807) is 7.11 Å². The lowest BCUT2D eigenvalue weighted by Crippen LogP contribution is -3.10. The predicted octanol–water partition coefficient (Wildman–Crippen LogP) is 1.81. The topological polar surface area (TPSA) is 92.2 Å². The molecule has 41 heavy (non-hydrogen) atoms. The number of thioether (sulfide) groups is 1. The number of carbonyl (C=O) groups excluding carboxylic acids is 1. The Morgan fingerprint density at radius 1 is 0.902 bits per heavy atom. The molecule has 8 nitrogen and oxygen atoms in total. The maximum absolute atomic E-state index is 12.3. The number of hydrogen-bond acceptors (Lipinski definition) is 6. The predicted molar refractivity (Wildman–Crippen MR) is 171 cm³/mol. The SMILES string of the molecule is CCCCCCCCCCCCCCCCCCNC(=O)SCC(CNS(=O)(=O)CCC[NH+]1CCN(C)C1)OC.[I-]. The standard InChI is InChI=1S/C30H62N4O4S2.HI/c1-4-5-6-7-8-9-10-11-12-13-14-15-16-17-18-19-21-31-30(35)39-27-29(38-3)26-32-40(36,37)25-20-22-34-24-23-33(2)28-34;/h29,32H,4-28H2,1-3H3,(H,31,35);1H. The Bertz CT molecular complexity index is 719. The number of likely N-dealkylation sites (N-methyl/N-ethyl adjacent to an activating group) is 1. The molecule has 1 amide bonds. The molecule has 1 fully saturated rings. The molecule has 0 radical (unpaired) electrons. The van der Waals surface area contributed by atoms with Crippen LogP contribution in [0.5, 0.6) is 0 Å². The van der Waals surface area contributed by atoms with Crippen LogP contribution in [0.4, 0.5) is 4.79 Å². The Morgan fingerprint density at radius 3 is 1.93 bits per heavy atom. The smallest absolute Gasteiger partial charge is 0.279 e. The summed E-state index contributed by atoms with van der Waals surface area (Å²) in [5.74, 6) is 0.553. The van der Waals surface area contributed by atoms with Gasteiger partial charge in [-0.05, 0) is 13.5 Å². The number of halogens is 1. The lowest BCUT2D eigenvalue weighted by atomic mass is 10.0. The van der Waals surface area contributed by atoms with Crippen LogP contribution >= 0.6 is 11.8 Å². The summed E-state index contributed by atoms with van der Waals surface area (Å²) in [6.07, 6.45) is 21.7. The highest BCUT2D eigenvalue weighted by Gasteiger charge is 2.21. The summed E-state index contributed by atoms with van der Waals surface area (Å²) in [4.78, 5) is 15.9. The summed E-state index contributed by atoms with van der Waals surface area (Å²) in [6, 6.07) is 0. The molecule has 3 N–H and O–H groups in total. The van der Waals surface area contributed by atoms with E-state index < -0.39 is 10.0 Å². The highest BCUT2D eigenvalue weighted by molar-refractivity contribution is 8.13. The van der Waals surface area contributed by atoms with Gasteiger partial charge < -0.3 is 38.9 Å². The third kappa shape index (κ3) is 25.4. The van der Waals surface area contributed by atoms with E-state index in [1.807, 2.05) is 0 Å². The minimum absolute atomic E-state index is 0. The number of nitrogens with one attached hydrogen (secondary N) is 3. The van der Waals surface area contributed by atoms with Crippen LogP contribution in [0.15, 0.2) is 0 Å². The van der Waals surface area contributed by atoms with Crippen molar-refractivity contribution in [3.63, 3.8) is 0 Å². The molecule has 1 rings (SSSR count). The van der Waals surface area contributed by atoms with Crippen molar-refractivity contribution in [3.8, 4) is 0 Å². The first kappa shape index (κ1) is 41.3. The van der Waals surface area contributed by atoms with Crippen LogP contribution in [-0.2, 0) is 14.8 Å². The summed E-state index contributed by atoms with van der Waals surface area (Å²) < 4.78 is 32.7. The molecule has 1 aliphatic rings. The molecule has 2 atom stereocenters. The number of nitrogens with zero attached hydrogens (tertiary/aromatic N) is 1. The Balaban J connectivity index is 0.0000160. The van der Waals surface area contributed by atoms with Crippen molar-refractivity contribution in [2.24, 2.45) is 0 Å². The van der Waals surface area contributed by atoms with E-state index in [-0.39, 0.29) is 47.6 Å². The summed E-state index contributed by atoms with van der Waals surface area (Å²) >= 11 is 1.17. The number of unbranched alkanes of at least 4 members (excludes halogenated alkanes) is 15. The van der Waals surface area contributed by atoms with Crippen LogP contribution in [0.3, 0.4) is 0 Å². The van der Waals surface area contributed by atoms with E-state index in [0.29, 0.717) is 18.7 Å². The lowest BCUT2D eigenvalue weighted by Gasteiger charge is -2.16. The van der Waals surface area contributed by atoms with Crippen molar-refractivity contribution in [1.29, 1.82) is 0 Å². The maximum atomic E-state index is 12.3. The van der Waals surface area contributed by atoms with E-state index in [2.05, 4.69) is 28.9 Å². The van der Waals surface area contributed by atoms with Gasteiger partial charge in [0.05, 0.1) is 31.5 Å². The highest BCUT2D eigenvalue weighted by atomic mass is 127. The first-order valence-corrected chi connectivity index (χ1v) is 18.9. The molecule has 2 unspecified atom stereocenters. The Kier molecular flexibility index (Phi) is 28.1. The molecular formula is C30H63IN4O4S2. The average molecular weight is 735 g/mol. The van der Waals surface area contributed by atoms with Crippen molar-refractivity contribution >= 4 is 27.0 Å². The van der Waals surface area contributed by atoms with Gasteiger partial charge in [0.2, 0.25) is 10.0 Å². The van der Waals surface area contributed by atoms with Crippen LogP contribution < -0.4 is 38.9 Å². The number of sulfonamides is 1. The van der Waals surface area contributed by atoms with Crippen molar-refractivity contribution in [2.75, 3.05) is 65.1 Å². The second-order valence-corrected chi connectivity index (χ2v) is 14.6. The molecule has 0 bridgehead atoms. The molecule has 11 heteroatoms. The minimum atomic E-state index is -3.34. The first-order valence-electron chi connectivity index (χ1n) is 16.3.